The molecule has 0 aromatic carbocycles. The molecule has 1 fully saturated rings. The van der Waals surface area contributed by atoms with Crippen LogP contribution in [-0.2, 0) is 23.8 Å². The fourth-order valence-electron chi connectivity index (χ4n) is 3.84. The third-order valence-corrected chi connectivity index (χ3v) is 5.50. The Bertz CT molecular complexity index is 636. The third kappa shape index (κ3) is 11.7. The van der Waals surface area contributed by atoms with Crippen LogP contribution in [0.1, 0.15) is 52.4 Å². The van der Waals surface area contributed by atoms with Gasteiger partial charge in [-0.2, -0.15) is 22.0 Å². The van der Waals surface area contributed by atoms with Crippen LogP contribution < -0.4 is 16.4 Å². The van der Waals surface area contributed by atoms with E-state index in [1.165, 1.54) is 0 Å². The summed E-state index contributed by atoms with van der Waals surface area (Å²) in [5.74, 6) is -4.09. The minimum absolute atomic E-state index is 0.0200. The van der Waals surface area contributed by atoms with Gasteiger partial charge in [0.05, 0.1) is 19.8 Å². The molecular weight excluding hydrogens is 469 g/mol. The molecule has 13 heteroatoms. The van der Waals surface area contributed by atoms with Crippen molar-refractivity contribution in [3.8, 4) is 0 Å². The van der Waals surface area contributed by atoms with Crippen molar-refractivity contribution in [2.75, 3.05) is 39.5 Å². The molecule has 1 heterocycles. The van der Waals surface area contributed by atoms with Crippen molar-refractivity contribution in [3.63, 3.8) is 0 Å². The highest BCUT2D eigenvalue weighted by molar-refractivity contribution is 5.81. The standard InChI is InChI=1S/C21H36F5N3O5/c1-19(2)33-13-15(34-19)12-32-14-20(6-3-9-27,7-4-10-28-17(30)16(22)23)8-5-11-29-18(31)21(24,25)26/h15-16H,3-14,27H2,1-2H3,(H,28,30)(H,29,31). The molecule has 4 N–H and O–H groups in total. The molecule has 8 nitrogen and oxygen atoms in total. The number of carbonyl (C=O) groups is 2. The molecule has 0 aromatic heterocycles. The van der Waals surface area contributed by atoms with Crippen LogP contribution in [-0.4, -0.2) is 75.8 Å². The first-order valence-corrected chi connectivity index (χ1v) is 11.3. The molecule has 0 radical (unpaired) electrons. The molecule has 1 rings (SSSR count). The van der Waals surface area contributed by atoms with Gasteiger partial charge in [-0.15, -0.1) is 0 Å². The van der Waals surface area contributed by atoms with Crippen LogP contribution in [0.15, 0.2) is 0 Å². The van der Waals surface area contributed by atoms with Gasteiger partial charge in [0.2, 0.25) is 0 Å². The van der Waals surface area contributed by atoms with Crippen LogP contribution in [0.3, 0.4) is 0 Å². The number of ether oxygens (including phenoxy) is 3. The zero-order valence-corrected chi connectivity index (χ0v) is 19.6. The van der Waals surface area contributed by atoms with Crippen LogP contribution in [0.25, 0.3) is 0 Å². The van der Waals surface area contributed by atoms with Crippen molar-refractivity contribution in [2.45, 2.75) is 76.9 Å². The molecule has 2 amide bonds. The van der Waals surface area contributed by atoms with Crippen molar-refractivity contribution < 1.29 is 45.8 Å². The summed E-state index contributed by atoms with van der Waals surface area (Å²) in [5, 5.41) is 4.00. The normalized spacial score (nSPS) is 19.7. The molecule has 0 bridgehead atoms. The largest absolute Gasteiger partial charge is 0.471 e. The summed E-state index contributed by atoms with van der Waals surface area (Å²) in [6, 6.07) is 0. The van der Waals surface area contributed by atoms with Gasteiger partial charge < -0.3 is 30.6 Å². The number of hydrogen-bond donors (Lipinski definition) is 3. The number of hydrogen-bond acceptors (Lipinski definition) is 6. The van der Waals surface area contributed by atoms with E-state index >= 15 is 0 Å². The number of nitrogens with one attached hydrogen (secondary N) is 2. The molecule has 200 valence electrons. The zero-order chi connectivity index (χ0) is 25.8. The SMILES string of the molecule is CC1(C)OCC(COCC(CCCN)(CCCNC(=O)C(F)F)CCCNC(=O)C(F)(F)F)O1. The molecule has 1 aliphatic heterocycles. The molecule has 34 heavy (non-hydrogen) atoms. The van der Waals surface area contributed by atoms with Gasteiger partial charge in [0.1, 0.15) is 6.10 Å². The highest BCUT2D eigenvalue weighted by Crippen LogP contribution is 2.36. The second kappa shape index (κ2) is 14.1. The fourth-order valence-corrected chi connectivity index (χ4v) is 3.84. The van der Waals surface area contributed by atoms with Crippen LogP contribution in [0.4, 0.5) is 22.0 Å². The lowest BCUT2D eigenvalue weighted by Crippen LogP contribution is -2.38. The van der Waals surface area contributed by atoms with E-state index in [0.29, 0.717) is 45.3 Å². The number of amides is 2. The first-order valence-electron chi connectivity index (χ1n) is 11.3. The molecule has 1 saturated heterocycles. The van der Waals surface area contributed by atoms with Crippen LogP contribution >= 0.6 is 0 Å². The molecule has 2 atom stereocenters. The Hall–Kier alpha value is -1.57. The monoisotopic (exact) mass is 505 g/mol. The number of alkyl halides is 5. The highest BCUT2D eigenvalue weighted by Gasteiger charge is 2.38. The number of rotatable bonds is 16. The Labute approximate surface area is 196 Å². The Kier molecular flexibility index (Phi) is 12.6. The Morgan fingerprint density at radius 2 is 1.68 bits per heavy atom. The van der Waals surface area contributed by atoms with E-state index in [1.54, 1.807) is 13.8 Å². The van der Waals surface area contributed by atoms with E-state index in [0.717, 1.165) is 0 Å². The first kappa shape index (κ1) is 30.5. The van der Waals surface area contributed by atoms with Crippen molar-refractivity contribution in [1.29, 1.82) is 0 Å². The van der Waals surface area contributed by atoms with E-state index in [4.69, 9.17) is 19.9 Å². The maximum atomic E-state index is 12.4. The topological polar surface area (TPSA) is 112 Å². The summed E-state index contributed by atoms with van der Waals surface area (Å²) in [4.78, 5) is 22.2. The molecule has 0 spiro atoms. The zero-order valence-electron chi connectivity index (χ0n) is 19.6. The van der Waals surface area contributed by atoms with Gasteiger partial charge in [0.15, 0.2) is 5.79 Å². The molecule has 0 aliphatic carbocycles. The molecule has 2 unspecified atom stereocenters. The second-order valence-electron chi connectivity index (χ2n) is 8.91. The maximum Gasteiger partial charge on any atom is 0.471 e. The Morgan fingerprint density at radius 3 is 2.18 bits per heavy atom. The molecule has 1 aliphatic rings. The van der Waals surface area contributed by atoms with E-state index in [-0.39, 0.29) is 38.8 Å². The van der Waals surface area contributed by atoms with E-state index in [9.17, 15) is 31.5 Å². The summed E-state index contributed by atoms with van der Waals surface area (Å²) in [6.45, 7) is 4.59. The van der Waals surface area contributed by atoms with E-state index in [1.807, 2.05) is 5.32 Å². The van der Waals surface area contributed by atoms with E-state index in [2.05, 4.69) is 5.32 Å². The van der Waals surface area contributed by atoms with Crippen molar-refractivity contribution in [3.05, 3.63) is 0 Å². The van der Waals surface area contributed by atoms with Gasteiger partial charge in [-0.1, -0.05) is 0 Å². The average Bonchev–Trinajstić information content (AvgIpc) is 3.09. The predicted octanol–water partition coefficient (Wildman–Crippen LogP) is 2.50. The van der Waals surface area contributed by atoms with Gasteiger partial charge in [0.25, 0.3) is 5.91 Å². The van der Waals surface area contributed by atoms with Gasteiger partial charge in [-0.3, -0.25) is 9.59 Å². The smallest absolute Gasteiger partial charge is 0.378 e. The quantitative estimate of drug-likeness (QED) is 0.220. The highest BCUT2D eigenvalue weighted by atomic mass is 19.4. The predicted molar refractivity (Wildman–Crippen MR) is 113 cm³/mol. The second-order valence-corrected chi connectivity index (χ2v) is 8.91. The van der Waals surface area contributed by atoms with Crippen LogP contribution in [0, 0.1) is 5.41 Å². The lowest BCUT2D eigenvalue weighted by atomic mass is 9.75. The van der Waals surface area contributed by atoms with Gasteiger partial charge in [-0.05, 0) is 64.3 Å². The summed E-state index contributed by atoms with van der Waals surface area (Å²) in [7, 11) is 0. The fraction of sp³-hybridized carbons (Fsp3) is 0.905. The average molecular weight is 506 g/mol. The molecule has 0 saturated carbocycles. The maximum absolute atomic E-state index is 12.4. The third-order valence-electron chi connectivity index (χ3n) is 5.50. The van der Waals surface area contributed by atoms with Crippen molar-refractivity contribution in [2.24, 2.45) is 11.1 Å². The van der Waals surface area contributed by atoms with Gasteiger partial charge in [0, 0.05) is 13.1 Å². The minimum Gasteiger partial charge on any atom is -0.378 e. The van der Waals surface area contributed by atoms with Gasteiger partial charge >= 0.3 is 18.5 Å². The number of halogens is 5. The summed E-state index contributed by atoms with van der Waals surface area (Å²) < 4.78 is 79.2. The number of nitrogens with two attached hydrogens (primary N) is 1. The van der Waals surface area contributed by atoms with Gasteiger partial charge in [-0.25, -0.2) is 0 Å². The van der Waals surface area contributed by atoms with Crippen LogP contribution in [0.2, 0.25) is 0 Å². The molecular formula is C21H36F5N3O5. The lowest BCUT2D eigenvalue weighted by molar-refractivity contribution is -0.173. The Balaban J connectivity index is 2.72. The lowest BCUT2D eigenvalue weighted by Gasteiger charge is -2.34. The van der Waals surface area contributed by atoms with Crippen molar-refractivity contribution in [1.82, 2.24) is 10.6 Å². The van der Waals surface area contributed by atoms with Crippen LogP contribution in [0.5, 0.6) is 0 Å². The van der Waals surface area contributed by atoms with E-state index < -0.39 is 35.6 Å². The number of carbonyl (C=O) groups excluding carboxylic acids is 2. The Morgan fingerprint density at radius 1 is 1.09 bits per heavy atom. The first-order chi connectivity index (χ1) is 15.8. The summed E-state index contributed by atoms with van der Waals surface area (Å²) in [6.07, 6.45) is -5.70. The van der Waals surface area contributed by atoms with Crippen molar-refractivity contribution >= 4 is 11.8 Å². The summed E-state index contributed by atoms with van der Waals surface area (Å²) >= 11 is 0. The summed E-state index contributed by atoms with van der Waals surface area (Å²) in [5.41, 5.74) is 5.13. The molecule has 0 aromatic rings. The minimum atomic E-state index is -4.96.